The molecule has 5 unspecified atom stereocenters. The van der Waals surface area contributed by atoms with E-state index in [1.165, 1.54) is 72.2 Å². The van der Waals surface area contributed by atoms with Gasteiger partial charge in [0.2, 0.25) is 0 Å². The molecule has 1 aromatic heterocycles. The molecule has 1 fully saturated rings. The normalized spacial score (nSPS) is 28.0. The number of fused-ring (bicyclic) bond motifs is 9. The Morgan fingerprint density at radius 2 is 1.59 bits per heavy atom. The molecule has 0 radical (unpaired) electrons. The van der Waals surface area contributed by atoms with E-state index in [0.717, 1.165) is 19.3 Å². The highest BCUT2D eigenvalue weighted by Crippen LogP contribution is 2.55. The van der Waals surface area contributed by atoms with Crippen molar-refractivity contribution >= 4 is 51.6 Å². The van der Waals surface area contributed by atoms with E-state index in [0.29, 0.717) is 27.6 Å². The van der Waals surface area contributed by atoms with Gasteiger partial charge >= 0.3 is 0 Å². The van der Waals surface area contributed by atoms with Gasteiger partial charge in [-0.25, -0.2) is 0 Å². The van der Waals surface area contributed by atoms with Gasteiger partial charge in [0.05, 0.1) is 5.69 Å². The van der Waals surface area contributed by atoms with Crippen molar-refractivity contribution in [1.29, 1.82) is 0 Å². The van der Waals surface area contributed by atoms with E-state index < -0.39 is 0 Å². The topological polar surface area (TPSA) is 4.93 Å². The van der Waals surface area contributed by atoms with E-state index >= 15 is 0 Å². The first-order chi connectivity index (χ1) is 21.7. The predicted octanol–water partition coefficient (Wildman–Crippen LogP) is 11.2. The first-order valence-electron chi connectivity index (χ1n) is 16.8. The zero-order valence-corrected chi connectivity index (χ0v) is 27.4. The van der Waals surface area contributed by atoms with Crippen LogP contribution in [0, 0.1) is 11.8 Å². The fraction of sp³-hybridized carbons (Fsp3) is 0.333. The second-order valence-electron chi connectivity index (χ2n) is 13.6. The molecule has 3 aromatic rings. The summed E-state index contributed by atoms with van der Waals surface area (Å²) in [6.07, 6.45) is 26.1. The third kappa shape index (κ3) is 4.33. The maximum Gasteiger partial charge on any atom is 0.0621 e. The van der Waals surface area contributed by atoms with E-state index in [9.17, 15) is 0 Å². The third-order valence-electron chi connectivity index (χ3n) is 11.3. The van der Waals surface area contributed by atoms with E-state index in [1.807, 2.05) is 0 Å². The van der Waals surface area contributed by atoms with Gasteiger partial charge < -0.3 is 4.57 Å². The second-order valence-corrected chi connectivity index (χ2v) is 15.2. The molecule has 5 atom stereocenters. The predicted molar refractivity (Wildman–Crippen MR) is 192 cm³/mol. The smallest absolute Gasteiger partial charge is 0.0621 e. The lowest BCUT2D eigenvalue weighted by Crippen LogP contribution is -2.28. The van der Waals surface area contributed by atoms with Gasteiger partial charge in [-0.2, -0.15) is 0 Å². The first kappa shape index (κ1) is 27.1. The maximum absolute atomic E-state index is 3.36. The Kier molecular flexibility index (Phi) is 6.73. The summed E-state index contributed by atoms with van der Waals surface area (Å²) in [5.74, 6) is 2.49. The molecule has 1 heterocycles. The largest absolute Gasteiger partial charge is 0.316 e. The molecule has 1 nitrogen and oxygen atoms in total. The average Bonchev–Trinajstić information content (AvgIpc) is 3.43. The van der Waals surface area contributed by atoms with Gasteiger partial charge in [0, 0.05) is 33.4 Å². The van der Waals surface area contributed by atoms with Gasteiger partial charge in [0.15, 0.2) is 0 Å². The number of hydrogen-bond donors (Lipinski definition) is 0. The Balaban J connectivity index is 1.14. The number of hydrogen-bond acceptors (Lipinski definition) is 0. The van der Waals surface area contributed by atoms with Crippen LogP contribution in [0.3, 0.4) is 0 Å². The fourth-order valence-electron chi connectivity index (χ4n) is 9.52. The standard InChI is InChI=1S/C42H38IN/c43-30-23-29(27-11-2-1-3-12-27)24-31(26-30)44-40-19-9-8-17-38(40)42-32(18-10-20-41(42)44)28-21-22-37-35-15-5-4-13-33(35)34-14-6-7-16-36(34)39(37)25-28/h1-5,11-13,15,17,19,22-25,28,30,32,34,36H,6-7,10,14,16,18,20-21,26H2. The molecule has 0 bridgehead atoms. The number of nitrogens with zero attached hydrogens (tertiary/aromatic N) is 1. The number of allylic oxidation sites excluding steroid dienone is 8. The Morgan fingerprint density at radius 3 is 2.50 bits per heavy atom. The van der Waals surface area contributed by atoms with Crippen molar-refractivity contribution in [3.05, 3.63) is 135 Å². The molecule has 0 spiro atoms. The van der Waals surface area contributed by atoms with Crippen LogP contribution in [0.4, 0.5) is 0 Å². The number of benzene rings is 2. The highest BCUT2D eigenvalue weighted by Gasteiger charge is 2.41. The van der Waals surface area contributed by atoms with Gasteiger partial charge in [-0.3, -0.25) is 0 Å². The molecule has 2 heteroatoms. The van der Waals surface area contributed by atoms with Crippen LogP contribution in [0.15, 0.2) is 95.9 Å². The van der Waals surface area contributed by atoms with Gasteiger partial charge in [-0.1, -0.05) is 120 Å². The lowest BCUT2D eigenvalue weighted by Gasteiger charge is -2.43. The maximum atomic E-state index is 3.36. The van der Waals surface area contributed by atoms with Gasteiger partial charge in [-0.05, 0) is 113 Å². The van der Waals surface area contributed by atoms with Crippen LogP contribution in [0.2, 0.25) is 0 Å². The lowest BCUT2D eigenvalue weighted by molar-refractivity contribution is 0.341. The van der Waals surface area contributed by atoms with Crippen LogP contribution in [0.25, 0.3) is 29.0 Å². The fourth-order valence-corrected chi connectivity index (χ4v) is 10.4. The average molecular weight is 684 g/mol. The SMILES string of the molecule is IC1C=C(c2ccccc2)C=C(n2c3c(c4c2CCCC4C2C=C4C(=CC2)c2ccccc2C2CCCCC42)C=C=C=C3)C1. The molecule has 218 valence electrons. The highest BCUT2D eigenvalue weighted by atomic mass is 127. The zero-order chi connectivity index (χ0) is 29.2. The number of alkyl halides is 1. The van der Waals surface area contributed by atoms with E-state index in [1.54, 1.807) is 28.0 Å². The molecule has 44 heavy (non-hydrogen) atoms. The van der Waals surface area contributed by atoms with E-state index in [4.69, 9.17) is 0 Å². The highest BCUT2D eigenvalue weighted by molar-refractivity contribution is 14.1. The molecular weight excluding hydrogens is 645 g/mol. The molecule has 0 amide bonds. The van der Waals surface area contributed by atoms with E-state index in [2.05, 4.69) is 130 Å². The summed E-state index contributed by atoms with van der Waals surface area (Å²) in [4.78, 5) is 0. The van der Waals surface area contributed by atoms with Gasteiger partial charge in [-0.15, -0.1) is 0 Å². The Morgan fingerprint density at radius 1 is 0.795 bits per heavy atom. The van der Waals surface area contributed by atoms with Crippen molar-refractivity contribution < 1.29 is 0 Å². The number of aromatic nitrogens is 1. The summed E-state index contributed by atoms with van der Waals surface area (Å²) in [6.45, 7) is 0. The van der Waals surface area contributed by atoms with Crippen molar-refractivity contribution in [3.63, 3.8) is 0 Å². The summed E-state index contributed by atoms with van der Waals surface area (Å²) >= 11 is 2.63. The monoisotopic (exact) mass is 683 g/mol. The third-order valence-corrected chi connectivity index (χ3v) is 12.1. The van der Waals surface area contributed by atoms with Crippen molar-refractivity contribution in [1.82, 2.24) is 4.57 Å². The minimum Gasteiger partial charge on any atom is -0.316 e. The van der Waals surface area contributed by atoms with Crippen LogP contribution in [0.5, 0.6) is 0 Å². The minimum absolute atomic E-state index is 0.471. The van der Waals surface area contributed by atoms with Gasteiger partial charge in [0.25, 0.3) is 0 Å². The molecule has 6 aliphatic rings. The zero-order valence-electron chi connectivity index (χ0n) is 25.2. The molecule has 6 aliphatic carbocycles. The van der Waals surface area contributed by atoms with Crippen molar-refractivity contribution in [2.75, 3.05) is 0 Å². The molecule has 2 aromatic carbocycles. The first-order valence-corrected chi connectivity index (χ1v) is 18.1. The van der Waals surface area contributed by atoms with Crippen LogP contribution >= 0.6 is 22.6 Å². The Labute approximate surface area is 275 Å². The number of halogens is 1. The summed E-state index contributed by atoms with van der Waals surface area (Å²) in [6, 6.07) is 20.3. The summed E-state index contributed by atoms with van der Waals surface area (Å²) in [7, 11) is 0. The Bertz CT molecular complexity index is 1900. The van der Waals surface area contributed by atoms with Crippen molar-refractivity contribution in [3.8, 4) is 0 Å². The van der Waals surface area contributed by atoms with Crippen LogP contribution in [-0.2, 0) is 6.42 Å². The molecule has 0 N–H and O–H groups in total. The van der Waals surface area contributed by atoms with Crippen LogP contribution in [-0.4, -0.2) is 8.49 Å². The second kappa shape index (κ2) is 11.0. The van der Waals surface area contributed by atoms with Crippen molar-refractivity contribution in [2.45, 2.75) is 73.5 Å². The van der Waals surface area contributed by atoms with E-state index in [-0.39, 0.29) is 0 Å². The lowest BCUT2D eigenvalue weighted by atomic mass is 9.61. The molecular formula is C42H38IN. The summed E-state index contributed by atoms with van der Waals surface area (Å²) < 4.78 is 3.12. The quantitative estimate of drug-likeness (QED) is 0.115. The Hall–Kier alpha value is -3.29. The number of rotatable bonds is 3. The van der Waals surface area contributed by atoms with Gasteiger partial charge in [0.1, 0.15) is 0 Å². The molecule has 1 saturated carbocycles. The van der Waals surface area contributed by atoms with Crippen LogP contribution < -0.4 is 0 Å². The van der Waals surface area contributed by atoms with Crippen LogP contribution in [0.1, 0.15) is 102 Å². The summed E-state index contributed by atoms with van der Waals surface area (Å²) in [5.41, 5.74) is 23.0. The molecule has 0 aliphatic heterocycles. The molecule has 9 rings (SSSR count). The van der Waals surface area contributed by atoms with Crippen molar-refractivity contribution in [2.24, 2.45) is 11.8 Å². The minimum atomic E-state index is 0.471. The summed E-state index contributed by atoms with van der Waals surface area (Å²) in [5, 5.41) is 0. The molecule has 0 saturated heterocycles.